The van der Waals surface area contributed by atoms with Crippen molar-refractivity contribution in [3.63, 3.8) is 0 Å². The lowest BCUT2D eigenvalue weighted by molar-refractivity contribution is 0.00454. The summed E-state index contributed by atoms with van der Waals surface area (Å²) in [4.78, 5) is 2.17. The van der Waals surface area contributed by atoms with Gasteiger partial charge in [0.1, 0.15) is 0 Å². The van der Waals surface area contributed by atoms with Crippen molar-refractivity contribution in [2.45, 2.75) is 132 Å². The third-order valence-corrected chi connectivity index (χ3v) is 6.44. The maximum Gasteiger partial charge on any atom is 0.0573 e. The van der Waals surface area contributed by atoms with Crippen molar-refractivity contribution in [3.8, 4) is 0 Å². The summed E-state index contributed by atoms with van der Waals surface area (Å²) in [6.07, 6.45) is 14.5. The summed E-state index contributed by atoms with van der Waals surface area (Å²) in [5.41, 5.74) is 0. The van der Waals surface area contributed by atoms with Crippen molar-refractivity contribution in [1.82, 2.24) is 4.90 Å². The van der Waals surface area contributed by atoms with Crippen molar-refractivity contribution < 1.29 is 9.47 Å². The van der Waals surface area contributed by atoms with Gasteiger partial charge in [-0.05, 0) is 65.5 Å². The van der Waals surface area contributed by atoms with Crippen LogP contribution in [0.1, 0.15) is 114 Å². The Hall–Kier alpha value is -0.120. The van der Waals surface area contributed by atoms with Crippen LogP contribution in [0.4, 0.5) is 0 Å². The van der Waals surface area contributed by atoms with Crippen LogP contribution in [0, 0.1) is 11.8 Å². The summed E-state index contributed by atoms with van der Waals surface area (Å²) >= 11 is 0. The topological polar surface area (TPSA) is 21.7 Å². The minimum atomic E-state index is 0. The molecule has 0 atom stereocenters. The average molecular weight is 420 g/mol. The number of methoxy groups -OCH3 is 2. The van der Waals surface area contributed by atoms with E-state index >= 15 is 0 Å². The minimum absolute atomic E-state index is 0. The molecule has 2 aliphatic rings. The fourth-order valence-electron chi connectivity index (χ4n) is 3.55. The Morgan fingerprint density at radius 3 is 1.03 bits per heavy atom. The molecule has 0 aromatic carbocycles. The molecule has 0 aliphatic heterocycles. The van der Waals surface area contributed by atoms with Gasteiger partial charge in [0.15, 0.2) is 0 Å². The van der Waals surface area contributed by atoms with E-state index in [1.54, 1.807) is 14.2 Å². The molecule has 2 aliphatic carbocycles. The molecule has 0 saturated heterocycles. The van der Waals surface area contributed by atoms with E-state index in [0.717, 1.165) is 37.5 Å². The standard InChI is InChI=1S/C10H20.C8H16O2.C5H13N.3CH4/c1-3-9-5-7-10(4-2)8-6-9;1-9-7-3-5-8(10-2)6-4-7;1-5(2)6(3)4;;;/h9-10H,3-8H2,1-2H3;7-8H,3-6H2,1-2H3;5H,1-4H3;3*1H4. The monoisotopic (exact) mass is 419 g/mol. The second-order valence-corrected chi connectivity index (χ2v) is 8.63. The van der Waals surface area contributed by atoms with Gasteiger partial charge in [-0.3, -0.25) is 0 Å². The molecule has 2 rings (SSSR count). The molecule has 3 heteroatoms. The normalized spacial score (nSPS) is 25.9. The summed E-state index contributed by atoms with van der Waals surface area (Å²) in [6, 6.07) is 0.685. The lowest BCUT2D eigenvalue weighted by atomic mass is 9.80. The van der Waals surface area contributed by atoms with Crippen LogP contribution in [0.25, 0.3) is 0 Å². The molecule has 0 unspecified atom stereocenters. The van der Waals surface area contributed by atoms with E-state index in [1.165, 1.54) is 38.5 Å². The number of rotatable bonds is 5. The van der Waals surface area contributed by atoms with Crippen molar-refractivity contribution in [1.29, 1.82) is 0 Å². The number of hydrogen-bond donors (Lipinski definition) is 0. The summed E-state index contributed by atoms with van der Waals surface area (Å²) in [5, 5.41) is 0. The largest absolute Gasteiger partial charge is 0.381 e. The first-order chi connectivity index (χ1) is 12.4. The molecule has 0 bridgehead atoms. The first kappa shape index (κ1) is 36.3. The van der Waals surface area contributed by atoms with Crippen LogP contribution in [0.15, 0.2) is 0 Å². The molecule has 182 valence electrons. The van der Waals surface area contributed by atoms with Gasteiger partial charge in [-0.2, -0.15) is 0 Å². The highest BCUT2D eigenvalue weighted by Crippen LogP contribution is 2.31. The SMILES string of the molecule is C.C.C.CC(C)N(C)C.CCC1CCC(CC)CC1.COC1CCC(OC)CC1. The van der Waals surface area contributed by atoms with Gasteiger partial charge in [-0.1, -0.05) is 74.7 Å². The second kappa shape index (κ2) is 22.6. The smallest absolute Gasteiger partial charge is 0.0573 e. The number of ether oxygens (including phenoxy) is 2. The number of nitrogens with zero attached hydrogens (tertiary/aromatic N) is 1. The van der Waals surface area contributed by atoms with Gasteiger partial charge in [-0.25, -0.2) is 0 Å². The predicted molar refractivity (Wildman–Crippen MR) is 135 cm³/mol. The summed E-state index contributed by atoms with van der Waals surface area (Å²) in [5.74, 6) is 2.14. The Morgan fingerprint density at radius 2 is 0.897 bits per heavy atom. The zero-order valence-corrected chi connectivity index (χ0v) is 19.2. The van der Waals surface area contributed by atoms with Gasteiger partial charge in [-0.15, -0.1) is 0 Å². The van der Waals surface area contributed by atoms with Gasteiger partial charge >= 0.3 is 0 Å². The Morgan fingerprint density at radius 1 is 0.655 bits per heavy atom. The lowest BCUT2D eigenvalue weighted by Gasteiger charge is -2.26. The molecular formula is C26H61NO2. The van der Waals surface area contributed by atoms with Crippen molar-refractivity contribution in [3.05, 3.63) is 0 Å². The van der Waals surface area contributed by atoms with E-state index in [2.05, 4.69) is 46.7 Å². The fraction of sp³-hybridized carbons (Fsp3) is 1.00. The average Bonchev–Trinajstić information content (AvgIpc) is 2.69. The Kier molecular flexibility index (Phi) is 28.2. The summed E-state index contributed by atoms with van der Waals surface area (Å²) < 4.78 is 10.5. The van der Waals surface area contributed by atoms with Crippen LogP contribution in [0.2, 0.25) is 0 Å². The first-order valence-corrected chi connectivity index (χ1v) is 11.1. The van der Waals surface area contributed by atoms with E-state index in [9.17, 15) is 0 Å². The molecule has 3 nitrogen and oxygen atoms in total. The highest BCUT2D eigenvalue weighted by molar-refractivity contribution is 4.72. The third-order valence-electron chi connectivity index (χ3n) is 6.44. The Balaban J connectivity index is -0.000000159. The molecule has 0 heterocycles. The first-order valence-electron chi connectivity index (χ1n) is 11.1. The van der Waals surface area contributed by atoms with Gasteiger partial charge < -0.3 is 14.4 Å². The third kappa shape index (κ3) is 18.4. The van der Waals surface area contributed by atoms with E-state index in [-0.39, 0.29) is 22.3 Å². The van der Waals surface area contributed by atoms with Crippen molar-refractivity contribution in [2.24, 2.45) is 11.8 Å². The minimum Gasteiger partial charge on any atom is -0.381 e. The number of hydrogen-bond acceptors (Lipinski definition) is 3. The van der Waals surface area contributed by atoms with Gasteiger partial charge in [0.05, 0.1) is 12.2 Å². The van der Waals surface area contributed by atoms with E-state index < -0.39 is 0 Å². The second-order valence-electron chi connectivity index (χ2n) is 8.63. The lowest BCUT2D eigenvalue weighted by Crippen LogP contribution is -2.24. The van der Waals surface area contributed by atoms with Gasteiger partial charge in [0, 0.05) is 20.3 Å². The quantitative estimate of drug-likeness (QED) is 0.449. The van der Waals surface area contributed by atoms with E-state index in [4.69, 9.17) is 9.47 Å². The molecule has 0 aromatic heterocycles. The van der Waals surface area contributed by atoms with Crippen LogP contribution >= 0.6 is 0 Å². The van der Waals surface area contributed by atoms with Crippen LogP contribution < -0.4 is 0 Å². The molecule has 29 heavy (non-hydrogen) atoms. The fourth-order valence-corrected chi connectivity index (χ4v) is 3.55. The van der Waals surface area contributed by atoms with Gasteiger partial charge in [0.2, 0.25) is 0 Å². The van der Waals surface area contributed by atoms with Crippen LogP contribution in [0.3, 0.4) is 0 Å². The molecule has 0 N–H and O–H groups in total. The van der Waals surface area contributed by atoms with Gasteiger partial charge in [0.25, 0.3) is 0 Å². The molecule has 0 radical (unpaired) electrons. The molecule has 0 aromatic rings. The molecule has 2 fully saturated rings. The highest BCUT2D eigenvalue weighted by Gasteiger charge is 2.19. The van der Waals surface area contributed by atoms with Crippen LogP contribution in [-0.4, -0.2) is 51.5 Å². The maximum absolute atomic E-state index is 5.23. The predicted octanol–water partition coefficient (Wildman–Crippen LogP) is 8.07. The zero-order chi connectivity index (χ0) is 19.9. The zero-order valence-electron chi connectivity index (χ0n) is 19.2. The van der Waals surface area contributed by atoms with Crippen molar-refractivity contribution >= 4 is 0 Å². The van der Waals surface area contributed by atoms with E-state index in [0.29, 0.717) is 18.2 Å². The molecule has 0 spiro atoms. The molecule has 0 amide bonds. The molecular weight excluding hydrogens is 358 g/mol. The van der Waals surface area contributed by atoms with Crippen LogP contribution in [-0.2, 0) is 9.47 Å². The Bertz CT molecular complexity index is 237. The van der Waals surface area contributed by atoms with Crippen LogP contribution in [0.5, 0.6) is 0 Å². The summed E-state index contributed by atoms with van der Waals surface area (Å²) in [6.45, 7) is 8.99. The summed E-state index contributed by atoms with van der Waals surface area (Å²) in [7, 11) is 7.73. The van der Waals surface area contributed by atoms with E-state index in [1.807, 2.05) is 0 Å². The Labute approximate surface area is 187 Å². The molecule has 2 saturated carbocycles. The highest BCUT2D eigenvalue weighted by atomic mass is 16.5. The maximum atomic E-state index is 5.23. The van der Waals surface area contributed by atoms with Crippen molar-refractivity contribution in [2.75, 3.05) is 28.3 Å².